The van der Waals surface area contributed by atoms with Gasteiger partial charge in [-0.25, -0.2) is 4.79 Å². The number of hydrogen-bond acceptors (Lipinski definition) is 5. The number of amides is 4. The molecule has 17 heavy (non-hydrogen) atoms. The summed E-state index contributed by atoms with van der Waals surface area (Å²) in [4.78, 5) is 34.3. The lowest BCUT2D eigenvalue weighted by molar-refractivity contribution is -0.126. The van der Waals surface area contributed by atoms with E-state index >= 15 is 0 Å². The second-order valence-electron chi connectivity index (χ2n) is 3.54. The first-order valence-corrected chi connectivity index (χ1v) is 6.41. The highest BCUT2D eigenvalue weighted by atomic mass is 32.3. The van der Waals surface area contributed by atoms with Crippen LogP contribution < -0.4 is 5.32 Å². The topological polar surface area (TPSA) is 101 Å². The Morgan fingerprint density at radius 3 is 2.59 bits per heavy atom. The Hall–Kier alpha value is -1.51. The highest BCUT2D eigenvalue weighted by molar-refractivity contribution is 7.87. The maximum Gasteiger partial charge on any atom is 0.330 e. The molecule has 0 saturated carbocycles. The Morgan fingerprint density at radius 1 is 1.35 bits per heavy atom. The highest BCUT2D eigenvalue weighted by Crippen LogP contribution is 2.06. The fourth-order valence-corrected chi connectivity index (χ4v) is 1.82. The summed E-state index contributed by atoms with van der Waals surface area (Å²) in [6, 6.07) is -1.01. The van der Waals surface area contributed by atoms with Crippen LogP contribution in [0.2, 0.25) is 0 Å². The molecule has 0 radical (unpaired) electrons. The van der Waals surface area contributed by atoms with Crippen molar-refractivity contribution in [3.05, 3.63) is 0 Å². The Kier molecular flexibility index (Phi) is 4.16. The molecule has 96 valence electrons. The van der Waals surface area contributed by atoms with E-state index < -0.39 is 33.8 Å². The van der Waals surface area contributed by atoms with Gasteiger partial charge in [0.25, 0.3) is 0 Å². The zero-order valence-corrected chi connectivity index (χ0v) is 9.63. The summed E-state index contributed by atoms with van der Waals surface area (Å²) in [6.07, 6.45) is 0.998. The summed E-state index contributed by atoms with van der Waals surface area (Å²) >= 11 is 0. The SMILES string of the molecule is O=C1CCCCN(C(=O)CS(=O)(=O)F)C(=O)N1. The lowest BCUT2D eigenvalue weighted by atomic mass is 10.2. The number of imide groups is 2. The number of nitrogens with zero attached hydrogens (tertiary/aromatic N) is 1. The van der Waals surface area contributed by atoms with Crippen LogP contribution in [0.1, 0.15) is 19.3 Å². The van der Waals surface area contributed by atoms with Crippen molar-refractivity contribution in [1.82, 2.24) is 10.2 Å². The summed E-state index contributed by atoms with van der Waals surface area (Å²) < 4.78 is 32.9. The molecule has 1 saturated heterocycles. The molecule has 7 nitrogen and oxygen atoms in total. The summed E-state index contributed by atoms with van der Waals surface area (Å²) in [5, 5.41) is 1.91. The van der Waals surface area contributed by atoms with Gasteiger partial charge in [-0.2, -0.15) is 8.42 Å². The average molecular weight is 266 g/mol. The molecule has 0 aliphatic carbocycles. The van der Waals surface area contributed by atoms with Gasteiger partial charge >= 0.3 is 16.3 Å². The zero-order valence-electron chi connectivity index (χ0n) is 8.81. The van der Waals surface area contributed by atoms with Gasteiger partial charge in [0.05, 0.1) is 0 Å². The van der Waals surface area contributed by atoms with Crippen LogP contribution in [0, 0.1) is 0 Å². The molecule has 0 unspecified atom stereocenters. The molecule has 1 aliphatic heterocycles. The lowest BCUT2D eigenvalue weighted by Crippen LogP contribution is -2.49. The van der Waals surface area contributed by atoms with Gasteiger partial charge in [-0.1, -0.05) is 0 Å². The van der Waals surface area contributed by atoms with Crippen LogP contribution in [0.5, 0.6) is 0 Å². The quantitative estimate of drug-likeness (QED) is 0.681. The third-order valence-corrected chi connectivity index (χ3v) is 2.72. The molecule has 9 heteroatoms. The zero-order chi connectivity index (χ0) is 13.1. The van der Waals surface area contributed by atoms with Crippen molar-refractivity contribution in [1.29, 1.82) is 0 Å². The maximum absolute atomic E-state index is 12.3. The van der Waals surface area contributed by atoms with Crippen LogP contribution in [0.25, 0.3) is 0 Å². The van der Waals surface area contributed by atoms with Gasteiger partial charge in [-0.15, -0.1) is 3.89 Å². The number of nitrogens with one attached hydrogen (secondary N) is 1. The van der Waals surface area contributed by atoms with E-state index in [2.05, 4.69) is 0 Å². The van der Waals surface area contributed by atoms with Crippen LogP contribution >= 0.6 is 0 Å². The van der Waals surface area contributed by atoms with Gasteiger partial charge in [-0.3, -0.25) is 19.8 Å². The summed E-state index contributed by atoms with van der Waals surface area (Å²) in [7, 11) is -4.99. The van der Waals surface area contributed by atoms with E-state index in [-0.39, 0.29) is 13.0 Å². The lowest BCUT2D eigenvalue weighted by Gasteiger charge is -2.22. The second kappa shape index (κ2) is 5.21. The Bertz CT molecular complexity index is 447. The third-order valence-electron chi connectivity index (χ3n) is 2.12. The number of rotatable bonds is 2. The van der Waals surface area contributed by atoms with Gasteiger partial charge in [-0.05, 0) is 12.8 Å². The Labute approximate surface area is 97.2 Å². The van der Waals surface area contributed by atoms with Gasteiger partial charge in [0.1, 0.15) is 0 Å². The first-order chi connectivity index (χ1) is 7.79. The Balaban J connectivity index is 2.76. The standard InChI is InChI=1S/C8H11FN2O5S/c9-17(15,16)5-7(13)11-4-2-1-3-6(12)10-8(11)14/h1-5H2,(H,10,12,14). The molecule has 1 aliphatic rings. The summed E-state index contributed by atoms with van der Waals surface area (Å²) in [5.74, 6) is -3.12. The predicted molar refractivity (Wildman–Crippen MR) is 54.0 cm³/mol. The molecule has 0 atom stereocenters. The smallest absolute Gasteiger partial charge is 0.278 e. The molecular weight excluding hydrogens is 255 g/mol. The summed E-state index contributed by atoms with van der Waals surface area (Å²) in [6.45, 7) is -0.0343. The van der Waals surface area contributed by atoms with Gasteiger partial charge < -0.3 is 0 Å². The molecule has 4 amide bonds. The molecule has 1 heterocycles. The normalized spacial score (nSPS) is 18.3. The van der Waals surface area contributed by atoms with Crippen molar-refractivity contribution in [3.63, 3.8) is 0 Å². The molecule has 1 rings (SSSR count). The minimum Gasteiger partial charge on any atom is -0.278 e. The fourth-order valence-electron chi connectivity index (χ4n) is 1.37. The van der Waals surface area contributed by atoms with Gasteiger partial charge in [0, 0.05) is 13.0 Å². The molecule has 0 aromatic heterocycles. The summed E-state index contributed by atoms with van der Waals surface area (Å²) in [5.41, 5.74) is 0. The van der Waals surface area contributed by atoms with Crippen LogP contribution in [0.15, 0.2) is 0 Å². The third kappa shape index (κ3) is 4.47. The number of carbonyl (C=O) groups is 3. The minimum atomic E-state index is -4.99. The van der Waals surface area contributed by atoms with E-state index in [1.54, 1.807) is 0 Å². The maximum atomic E-state index is 12.3. The molecule has 0 bridgehead atoms. The first-order valence-electron chi connectivity index (χ1n) is 4.86. The molecule has 0 aromatic rings. The minimum absolute atomic E-state index is 0.0343. The van der Waals surface area contributed by atoms with E-state index in [1.807, 2.05) is 5.32 Å². The largest absolute Gasteiger partial charge is 0.330 e. The van der Waals surface area contributed by atoms with Crippen LogP contribution in [-0.4, -0.2) is 43.5 Å². The van der Waals surface area contributed by atoms with Crippen LogP contribution in [-0.2, 0) is 19.8 Å². The van der Waals surface area contributed by atoms with E-state index in [0.717, 1.165) is 0 Å². The van der Waals surface area contributed by atoms with Crippen molar-refractivity contribution in [2.45, 2.75) is 19.3 Å². The van der Waals surface area contributed by atoms with Crippen LogP contribution in [0.4, 0.5) is 8.68 Å². The predicted octanol–water partition coefficient (Wildman–Crippen LogP) is -0.466. The fraction of sp³-hybridized carbons (Fsp3) is 0.625. The number of halogens is 1. The van der Waals surface area contributed by atoms with Crippen LogP contribution in [0.3, 0.4) is 0 Å². The van der Waals surface area contributed by atoms with Crippen molar-refractivity contribution in [3.8, 4) is 0 Å². The number of hydrogen-bond donors (Lipinski definition) is 1. The second-order valence-corrected chi connectivity index (χ2v) is 4.91. The molecular formula is C8H11FN2O5S. The molecule has 0 spiro atoms. The number of urea groups is 1. The van der Waals surface area contributed by atoms with E-state index in [0.29, 0.717) is 17.7 Å². The van der Waals surface area contributed by atoms with E-state index in [9.17, 15) is 26.7 Å². The van der Waals surface area contributed by atoms with Gasteiger partial charge in [0.15, 0.2) is 5.75 Å². The molecule has 0 aromatic carbocycles. The van der Waals surface area contributed by atoms with Crippen molar-refractivity contribution in [2.75, 3.05) is 12.3 Å². The Morgan fingerprint density at radius 2 is 2.00 bits per heavy atom. The first kappa shape index (κ1) is 13.6. The van der Waals surface area contributed by atoms with Crippen molar-refractivity contribution < 1.29 is 26.7 Å². The van der Waals surface area contributed by atoms with E-state index in [4.69, 9.17) is 0 Å². The monoisotopic (exact) mass is 266 g/mol. The molecule has 1 fully saturated rings. The van der Waals surface area contributed by atoms with Crippen molar-refractivity contribution in [2.24, 2.45) is 0 Å². The highest BCUT2D eigenvalue weighted by Gasteiger charge is 2.28. The number of carbonyl (C=O) groups excluding carboxylic acids is 3. The molecule has 1 N–H and O–H groups in total. The van der Waals surface area contributed by atoms with E-state index in [1.165, 1.54) is 0 Å². The van der Waals surface area contributed by atoms with Gasteiger partial charge in [0.2, 0.25) is 11.8 Å². The van der Waals surface area contributed by atoms with Crippen molar-refractivity contribution >= 4 is 28.1 Å². The average Bonchev–Trinajstić information content (AvgIpc) is 2.11.